The number of hydrogen-bond acceptors (Lipinski definition) is 5. The standard InChI is InChI=1S/C15H24N4O2/c1-3-9-16-14-8-7-13(19(20)21)15(18-14)17-10-12-6-4-5-11(12)2/h7-8,11-12H,3-6,9-10H2,1-2H3,(H2,16,17,18). The summed E-state index contributed by atoms with van der Waals surface area (Å²) in [7, 11) is 0. The zero-order valence-electron chi connectivity index (χ0n) is 12.8. The second-order valence-corrected chi connectivity index (χ2v) is 5.80. The molecule has 2 unspecified atom stereocenters. The lowest BCUT2D eigenvalue weighted by Crippen LogP contribution is -2.18. The van der Waals surface area contributed by atoms with Gasteiger partial charge in [0, 0.05) is 19.2 Å². The topological polar surface area (TPSA) is 80.1 Å². The predicted octanol–water partition coefficient (Wildman–Crippen LogP) is 3.66. The largest absolute Gasteiger partial charge is 0.370 e. The maximum Gasteiger partial charge on any atom is 0.311 e. The van der Waals surface area contributed by atoms with Crippen LogP contribution in [0.5, 0.6) is 0 Å². The number of pyridine rings is 1. The van der Waals surface area contributed by atoms with Gasteiger partial charge in [0.25, 0.3) is 0 Å². The minimum Gasteiger partial charge on any atom is -0.370 e. The van der Waals surface area contributed by atoms with Crippen LogP contribution in [-0.4, -0.2) is 23.0 Å². The monoisotopic (exact) mass is 292 g/mol. The van der Waals surface area contributed by atoms with Crippen LogP contribution in [-0.2, 0) is 0 Å². The van der Waals surface area contributed by atoms with E-state index in [2.05, 4.69) is 29.5 Å². The fourth-order valence-corrected chi connectivity index (χ4v) is 2.83. The Labute approximate surface area is 125 Å². The molecule has 0 radical (unpaired) electrons. The minimum absolute atomic E-state index is 0.0442. The highest BCUT2D eigenvalue weighted by Gasteiger charge is 2.24. The first-order valence-electron chi connectivity index (χ1n) is 7.75. The van der Waals surface area contributed by atoms with Crippen LogP contribution in [0.2, 0.25) is 0 Å². The quantitative estimate of drug-likeness (QED) is 0.592. The van der Waals surface area contributed by atoms with Crippen molar-refractivity contribution < 1.29 is 4.92 Å². The van der Waals surface area contributed by atoms with Gasteiger partial charge in [-0.05, 0) is 30.7 Å². The van der Waals surface area contributed by atoms with Gasteiger partial charge in [0.2, 0.25) is 5.82 Å². The number of nitro groups is 1. The molecule has 0 saturated heterocycles. The number of rotatable bonds is 7. The summed E-state index contributed by atoms with van der Waals surface area (Å²) in [5.74, 6) is 2.32. The van der Waals surface area contributed by atoms with Gasteiger partial charge < -0.3 is 10.6 Å². The number of anilines is 2. The lowest BCUT2D eigenvalue weighted by Gasteiger charge is -2.16. The van der Waals surface area contributed by atoms with E-state index in [1.165, 1.54) is 25.3 Å². The highest BCUT2D eigenvalue weighted by molar-refractivity contribution is 5.60. The Balaban J connectivity index is 2.08. The summed E-state index contributed by atoms with van der Waals surface area (Å²) in [6.07, 6.45) is 4.68. The Kier molecular flexibility index (Phi) is 5.36. The van der Waals surface area contributed by atoms with Gasteiger partial charge in [-0.1, -0.05) is 26.7 Å². The van der Waals surface area contributed by atoms with Crippen molar-refractivity contribution in [1.29, 1.82) is 0 Å². The molecule has 2 rings (SSSR count). The summed E-state index contributed by atoms with van der Waals surface area (Å²) in [6.45, 7) is 5.88. The highest BCUT2D eigenvalue weighted by atomic mass is 16.6. The number of nitrogens with one attached hydrogen (secondary N) is 2. The molecule has 1 aliphatic carbocycles. The molecule has 0 aromatic carbocycles. The fourth-order valence-electron chi connectivity index (χ4n) is 2.83. The smallest absolute Gasteiger partial charge is 0.311 e. The van der Waals surface area contributed by atoms with Gasteiger partial charge in [-0.3, -0.25) is 10.1 Å². The van der Waals surface area contributed by atoms with E-state index >= 15 is 0 Å². The summed E-state index contributed by atoms with van der Waals surface area (Å²) in [6, 6.07) is 3.18. The summed E-state index contributed by atoms with van der Waals surface area (Å²) >= 11 is 0. The van der Waals surface area contributed by atoms with Crippen LogP contribution in [0.4, 0.5) is 17.3 Å². The predicted molar refractivity (Wildman–Crippen MR) is 84.7 cm³/mol. The third-order valence-corrected chi connectivity index (χ3v) is 4.20. The van der Waals surface area contributed by atoms with E-state index in [1.54, 1.807) is 6.07 Å². The minimum atomic E-state index is -0.378. The molecule has 1 fully saturated rings. The van der Waals surface area contributed by atoms with Gasteiger partial charge in [-0.25, -0.2) is 4.98 Å². The Bertz CT molecular complexity index is 493. The molecular weight excluding hydrogens is 268 g/mol. The Morgan fingerprint density at radius 1 is 1.38 bits per heavy atom. The molecule has 116 valence electrons. The van der Waals surface area contributed by atoms with Crippen molar-refractivity contribution in [3.8, 4) is 0 Å². The first-order valence-corrected chi connectivity index (χ1v) is 7.75. The Hall–Kier alpha value is -1.85. The SMILES string of the molecule is CCCNc1ccc([N+](=O)[O-])c(NCC2CCCC2C)n1. The van der Waals surface area contributed by atoms with Gasteiger partial charge in [-0.2, -0.15) is 0 Å². The van der Waals surface area contributed by atoms with Crippen molar-refractivity contribution in [2.24, 2.45) is 11.8 Å². The summed E-state index contributed by atoms with van der Waals surface area (Å²) in [5.41, 5.74) is 0.0442. The van der Waals surface area contributed by atoms with E-state index in [4.69, 9.17) is 0 Å². The van der Waals surface area contributed by atoms with E-state index in [1.807, 2.05) is 0 Å². The molecule has 0 amide bonds. The van der Waals surface area contributed by atoms with Crippen LogP contribution >= 0.6 is 0 Å². The zero-order valence-corrected chi connectivity index (χ0v) is 12.8. The molecular formula is C15H24N4O2. The summed E-state index contributed by atoms with van der Waals surface area (Å²) in [4.78, 5) is 15.1. The third kappa shape index (κ3) is 4.06. The van der Waals surface area contributed by atoms with Gasteiger partial charge >= 0.3 is 5.69 Å². The van der Waals surface area contributed by atoms with Crippen molar-refractivity contribution in [1.82, 2.24) is 4.98 Å². The third-order valence-electron chi connectivity index (χ3n) is 4.20. The first-order chi connectivity index (χ1) is 10.1. The van der Waals surface area contributed by atoms with Crippen LogP contribution < -0.4 is 10.6 Å². The van der Waals surface area contributed by atoms with Gasteiger partial charge in [0.1, 0.15) is 5.82 Å². The fraction of sp³-hybridized carbons (Fsp3) is 0.667. The average Bonchev–Trinajstić information content (AvgIpc) is 2.88. The summed E-state index contributed by atoms with van der Waals surface area (Å²) < 4.78 is 0. The molecule has 1 saturated carbocycles. The van der Waals surface area contributed by atoms with Gasteiger partial charge in [-0.15, -0.1) is 0 Å². The van der Waals surface area contributed by atoms with E-state index in [0.717, 1.165) is 19.5 Å². The van der Waals surface area contributed by atoms with E-state index in [-0.39, 0.29) is 10.6 Å². The zero-order chi connectivity index (χ0) is 15.2. The molecule has 6 heteroatoms. The van der Waals surface area contributed by atoms with Crippen LogP contribution in [0.25, 0.3) is 0 Å². The van der Waals surface area contributed by atoms with E-state index in [9.17, 15) is 10.1 Å². The second-order valence-electron chi connectivity index (χ2n) is 5.80. The number of nitrogens with zero attached hydrogens (tertiary/aromatic N) is 2. The number of aromatic nitrogens is 1. The van der Waals surface area contributed by atoms with Gasteiger partial charge in [0.15, 0.2) is 0 Å². The maximum absolute atomic E-state index is 11.1. The van der Waals surface area contributed by atoms with Crippen molar-refractivity contribution in [2.45, 2.75) is 39.5 Å². The normalized spacial score (nSPS) is 21.2. The molecule has 2 N–H and O–H groups in total. The highest BCUT2D eigenvalue weighted by Crippen LogP contribution is 2.32. The van der Waals surface area contributed by atoms with Crippen molar-refractivity contribution in [3.63, 3.8) is 0 Å². The molecule has 1 aromatic rings. The second kappa shape index (κ2) is 7.24. The molecule has 1 aliphatic rings. The molecule has 0 spiro atoms. The van der Waals surface area contributed by atoms with Crippen LogP contribution in [0, 0.1) is 22.0 Å². The Morgan fingerprint density at radius 2 is 2.19 bits per heavy atom. The molecule has 1 aromatic heterocycles. The molecule has 1 heterocycles. The van der Waals surface area contributed by atoms with Crippen LogP contribution in [0.15, 0.2) is 12.1 Å². The van der Waals surface area contributed by atoms with Crippen LogP contribution in [0.3, 0.4) is 0 Å². The van der Waals surface area contributed by atoms with E-state index < -0.39 is 0 Å². The molecule has 21 heavy (non-hydrogen) atoms. The lowest BCUT2D eigenvalue weighted by atomic mass is 9.98. The summed E-state index contributed by atoms with van der Waals surface area (Å²) in [5, 5.41) is 17.5. The van der Waals surface area contributed by atoms with Crippen molar-refractivity contribution in [2.75, 3.05) is 23.7 Å². The average molecular weight is 292 g/mol. The van der Waals surface area contributed by atoms with Crippen molar-refractivity contribution >= 4 is 17.3 Å². The molecule has 6 nitrogen and oxygen atoms in total. The molecule has 0 aliphatic heterocycles. The number of hydrogen-bond donors (Lipinski definition) is 2. The van der Waals surface area contributed by atoms with E-state index in [0.29, 0.717) is 23.5 Å². The van der Waals surface area contributed by atoms with Crippen molar-refractivity contribution in [3.05, 3.63) is 22.2 Å². The maximum atomic E-state index is 11.1. The molecule has 0 bridgehead atoms. The Morgan fingerprint density at radius 3 is 2.81 bits per heavy atom. The molecule has 2 atom stereocenters. The first kappa shape index (κ1) is 15.5. The van der Waals surface area contributed by atoms with Crippen LogP contribution in [0.1, 0.15) is 39.5 Å². The van der Waals surface area contributed by atoms with Gasteiger partial charge in [0.05, 0.1) is 4.92 Å². The lowest BCUT2D eigenvalue weighted by molar-refractivity contribution is -0.384.